The van der Waals surface area contributed by atoms with E-state index in [-0.39, 0.29) is 5.41 Å². The summed E-state index contributed by atoms with van der Waals surface area (Å²) in [6.45, 7) is 3.41. The maximum Gasteiger partial charge on any atom is 0.0940 e. The van der Waals surface area contributed by atoms with Crippen LogP contribution in [0.3, 0.4) is 0 Å². The molecule has 0 amide bonds. The van der Waals surface area contributed by atoms with Crippen LogP contribution in [0, 0.1) is 0 Å². The summed E-state index contributed by atoms with van der Waals surface area (Å²) in [5.41, 5.74) is 0. The zero-order valence-corrected chi connectivity index (χ0v) is 6.27. The van der Waals surface area contributed by atoms with Gasteiger partial charge in [0.25, 0.3) is 0 Å². The van der Waals surface area contributed by atoms with Crippen LogP contribution in [0.25, 0.3) is 0 Å². The van der Waals surface area contributed by atoms with Crippen LogP contribution in [0.1, 0.15) is 13.3 Å². The van der Waals surface area contributed by atoms with Crippen molar-refractivity contribution < 1.29 is 4.79 Å². The van der Waals surface area contributed by atoms with Gasteiger partial charge < -0.3 is 4.79 Å². The minimum atomic E-state index is -2.40. The summed E-state index contributed by atoms with van der Waals surface area (Å²) in [6, 6.07) is 0. The monoisotopic (exact) mass is 122 g/mol. The van der Waals surface area contributed by atoms with Crippen molar-refractivity contribution in [1.82, 2.24) is 0 Å². The quantitative estimate of drug-likeness (QED) is 0.467. The molecule has 4 heteroatoms. The van der Waals surface area contributed by atoms with Gasteiger partial charge in [-0.15, -0.1) is 0 Å². The molecule has 0 unspecified atom stereocenters. The first-order valence-corrected chi connectivity index (χ1v) is 5.25. The van der Waals surface area contributed by atoms with E-state index in [1.807, 2.05) is 0 Å². The van der Waals surface area contributed by atoms with Gasteiger partial charge in [-0.05, 0) is 6.42 Å². The molecule has 0 aliphatic carbocycles. The first-order valence-electron chi connectivity index (χ1n) is 2.59. The predicted octanol–water partition coefficient (Wildman–Crippen LogP) is -0.0863. The maximum absolute atomic E-state index is 10.6. The number of hydrogen-bond acceptors (Lipinski definition) is 1. The summed E-state index contributed by atoms with van der Waals surface area (Å²) in [5, 5.41) is 0.0255. The zero-order valence-electron chi connectivity index (χ0n) is 5.27. The van der Waals surface area contributed by atoms with E-state index >= 15 is 0 Å². The second kappa shape index (κ2) is 2.53. The van der Waals surface area contributed by atoms with Crippen molar-refractivity contribution in [3.8, 4) is 0 Å². The third-order valence-corrected chi connectivity index (χ3v) is 2.48. The van der Waals surface area contributed by atoms with E-state index in [1.165, 1.54) is 0 Å². The van der Waals surface area contributed by atoms with Gasteiger partial charge in [0.1, 0.15) is 0 Å². The van der Waals surface area contributed by atoms with E-state index in [1.54, 1.807) is 13.5 Å². The van der Waals surface area contributed by atoms with Gasteiger partial charge in [-0.25, -0.2) is 0 Å². The first-order chi connectivity index (χ1) is 3.48. The summed E-state index contributed by atoms with van der Waals surface area (Å²) in [5.74, 6) is 0. The Hall–Kier alpha value is 0.0168. The van der Waals surface area contributed by atoms with Gasteiger partial charge in [-0.2, -0.15) is 0 Å². The Morgan fingerprint density at radius 3 is 2.00 bits per heavy atom. The fourth-order valence-corrected chi connectivity index (χ4v) is 1.14. The van der Waals surface area contributed by atoms with E-state index in [0.29, 0.717) is 6.42 Å². The predicted molar refractivity (Wildman–Crippen MR) is 38.4 cm³/mol. The Balaban J connectivity index is 3.82. The van der Waals surface area contributed by atoms with Crippen molar-refractivity contribution in [2.24, 2.45) is 0 Å². The van der Waals surface area contributed by atoms with E-state index in [0.717, 1.165) is 0 Å². The third kappa shape index (κ3) is 2.36. The Morgan fingerprint density at radius 2 is 2.00 bits per heavy atom. The molecule has 0 aromatic heterocycles. The second-order valence-corrected chi connectivity index (χ2v) is 5.18. The lowest BCUT2D eigenvalue weighted by Crippen LogP contribution is -2.42. The topological polar surface area (TPSA) is 17.1 Å². The summed E-state index contributed by atoms with van der Waals surface area (Å²) >= 11 is 0. The SMILES string of the molecule is [B][Si]([B])(C)C(=O)CC. The average molecular weight is 122 g/mol. The van der Waals surface area contributed by atoms with Crippen molar-refractivity contribution >= 4 is 28.1 Å². The molecule has 0 aliphatic rings. The molecule has 4 radical (unpaired) electrons. The highest BCUT2D eigenvalue weighted by Gasteiger charge is 2.19. The van der Waals surface area contributed by atoms with Crippen LogP contribution in [-0.2, 0) is 4.79 Å². The number of carbonyl (C=O) groups is 1. The van der Waals surface area contributed by atoms with Gasteiger partial charge >= 0.3 is 0 Å². The average Bonchev–Trinajstić information content (AvgIpc) is 1.62. The van der Waals surface area contributed by atoms with E-state index in [2.05, 4.69) is 0 Å². The van der Waals surface area contributed by atoms with Crippen LogP contribution in [0.4, 0.5) is 0 Å². The molecule has 1 nitrogen and oxygen atoms in total. The molecule has 0 spiro atoms. The molecule has 0 bridgehead atoms. The molecule has 0 aliphatic heterocycles. The lowest BCUT2D eigenvalue weighted by Gasteiger charge is -2.12. The Labute approximate surface area is 53.6 Å². The fourth-order valence-electron chi connectivity index (χ4n) is 0.381. The van der Waals surface area contributed by atoms with Crippen LogP contribution < -0.4 is 0 Å². The Morgan fingerprint density at radius 1 is 1.62 bits per heavy atom. The molecule has 0 atom stereocenters. The van der Waals surface area contributed by atoms with Gasteiger partial charge in [0.05, 0.1) is 20.3 Å². The maximum atomic E-state index is 10.6. The second-order valence-electron chi connectivity index (χ2n) is 2.06. The molecule has 40 valence electrons. The van der Waals surface area contributed by atoms with Crippen molar-refractivity contribution in [3.05, 3.63) is 0 Å². The van der Waals surface area contributed by atoms with Gasteiger partial charge in [0, 0.05) is 7.81 Å². The van der Waals surface area contributed by atoms with Gasteiger partial charge in [0.2, 0.25) is 0 Å². The highest BCUT2D eigenvalue weighted by Crippen LogP contribution is 1.94. The van der Waals surface area contributed by atoms with Crippen molar-refractivity contribution in [2.45, 2.75) is 19.9 Å². The standard InChI is InChI=1S/C4H8B2OSi/c1-3-4(7)8(2,5)6/h3H2,1-2H3. The van der Waals surface area contributed by atoms with E-state index < -0.39 is 7.81 Å². The van der Waals surface area contributed by atoms with Gasteiger partial charge in [-0.3, -0.25) is 0 Å². The lowest BCUT2D eigenvalue weighted by molar-refractivity contribution is -0.112. The van der Waals surface area contributed by atoms with Crippen LogP contribution in [-0.4, -0.2) is 28.1 Å². The molecule has 0 aromatic carbocycles. The smallest absolute Gasteiger partial charge is 0.0940 e. The molecule has 0 rings (SSSR count). The minimum Gasteiger partial charge on any atom is -0.307 e. The van der Waals surface area contributed by atoms with Crippen LogP contribution in [0.2, 0.25) is 6.55 Å². The highest BCUT2D eigenvalue weighted by atomic mass is 28.3. The fraction of sp³-hybridized carbons (Fsp3) is 0.750. The van der Waals surface area contributed by atoms with Crippen LogP contribution in [0.5, 0.6) is 0 Å². The van der Waals surface area contributed by atoms with E-state index in [9.17, 15) is 4.79 Å². The Kier molecular flexibility index (Phi) is 2.54. The molecule has 0 heterocycles. The Bertz CT molecular complexity index is 96.7. The number of carbonyl (C=O) groups excluding carboxylic acids is 1. The molecule has 0 N–H and O–H groups in total. The molecule has 8 heavy (non-hydrogen) atoms. The van der Waals surface area contributed by atoms with Crippen LogP contribution in [0.15, 0.2) is 0 Å². The normalized spacial score (nSPS) is 11.2. The van der Waals surface area contributed by atoms with E-state index in [4.69, 9.17) is 14.9 Å². The van der Waals surface area contributed by atoms with Crippen molar-refractivity contribution in [1.29, 1.82) is 0 Å². The largest absolute Gasteiger partial charge is 0.307 e. The molecule has 0 fully saturated rings. The first kappa shape index (κ1) is 8.02. The summed E-state index contributed by atoms with van der Waals surface area (Å²) in [7, 11) is 8.31. The van der Waals surface area contributed by atoms with Crippen molar-refractivity contribution in [3.63, 3.8) is 0 Å². The molecular formula is C4H8B2OSi. The molecule has 0 aromatic rings. The third-order valence-electron chi connectivity index (χ3n) is 0.922. The summed E-state index contributed by atoms with van der Waals surface area (Å²) < 4.78 is 0. The van der Waals surface area contributed by atoms with Crippen molar-refractivity contribution in [2.75, 3.05) is 0 Å². The lowest BCUT2D eigenvalue weighted by atomic mass is 10.5. The van der Waals surface area contributed by atoms with Crippen LogP contribution >= 0.6 is 0 Å². The minimum absolute atomic E-state index is 0.0255. The summed E-state index contributed by atoms with van der Waals surface area (Å²) in [4.78, 5) is 10.6. The summed E-state index contributed by atoms with van der Waals surface area (Å²) in [6.07, 6.45) is 0.468. The number of hydrogen-bond donors (Lipinski definition) is 0. The van der Waals surface area contributed by atoms with Gasteiger partial charge in [0.15, 0.2) is 0 Å². The molecule has 0 saturated heterocycles. The molecule has 0 saturated carbocycles. The molecular weight excluding hydrogens is 114 g/mol. The van der Waals surface area contributed by atoms with Gasteiger partial charge in [-0.1, -0.05) is 13.5 Å². The highest BCUT2D eigenvalue weighted by molar-refractivity contribution is 7.53. The number of rotatable bonds is 2. The zero-order chi connectivity index (χ0) is 6.78.